The van der Waals surface area contributed by atoms with Crippen LogP contribution in [0, 0.1) is 18.8 Å². The maximum atomic E-state index is 13.4. The second-order valence-electron chi connectivity index (χ2n) is 14.5. The predicted octanol–water partition coefficient (Wildman–Crippen LogP) is 7.76. The van der Waals surface area contributed by atoms with Gasteiger partial charge in [-0.2, -0.15) is 10.2 Å². The Morgan fingerprint density at radius 3 is 2.42 bits per heavy atom. The quantitative estimate of drug-likeness (QED) is 0.142. The Kier molecular flexibility index (Phi) is 8.33. The lowest BCUT2D eigenvalue weighted by atomic mass is 9.90. The minimum atomic E-state index is -0.432. The van der Waals surface area contributed by atoms with Gasteiger partial charge in [-0.1, -0.05) is 23.8 Å². The fourth-order valence-electron chi connectivity index (χ4n) is 7.20. The number of H-pyrrole nitrogens is 2. The molecule has 4 aromatic heterocycles. The monoisotopic (exact) mass is 691 g/mol. The van der Waals surface area contributed by atoms with E-state index in [1.165, 1.54) is 5.56 Å². The molecule has 3 aliphatic carbocycles. The minimum Gasteiger partial charge on any atom is -0.311 e. The number of hydrogen-bond acceptors (Lipinski definition) is 6. The second-order valence-corrected chi connectivity index (χ2v) is 14.9. The zero-order valence-corrected chi connectivity index (χ0v) is 29.5. The van der Waals surface area contributed by atoms with Crippen LogP contribution >= 0.6 is 11.6 Å². The van der Waals surface area contributed by atoms with Crippen LogP contribution in [-0.4, -0.2) is 47.3 Å². The first-order valence-electron chi connectivity index (χ1n) is 17.6. The lowest BCUT2D eigenvalue weighted by Gasteiger charge is -2.22. The molecule has 4 aromatic rings. The van der Waals surface area contributed by atoms with Crippen LogP contribution in [0.25, 0.3) is 5.65 Å². The maximum Gasteiger partial charge on any atom is 0.234 e. The maximum absolute atomic E-state index is 13.4. The fraction of sp³-hybridized carbons (Fsp3) is 0.421. The Morgan fingerprint density at radius 2 is 1.66 bits per heavy atom. The smallest absolute Gasteiger partial charge is 0.234 e. The number of aromatic nitrogens is 6. The highest BCUT2D eigenvalue weighted by molar-refractivity contribution is 6.32. The molecule has 5 atom stereocenters. The van der Waals surface area contributed by atoms with Crippen LogP contribution in [-0.2, 0) is 9.59 Å². The van der Waals surface area contributed by atoms with E-state index in [2.05, 4.69) is 62.4 Å². The van der Waals surface area contributed by atoms with Crippen molar-refractivity contribution in [3.8, 4) is 0 Å². The number of nitrogens with one attached hydrogen (secondary N) is 4. The summed E-state index contributed by atoms with van der Waals surface area (Å²) in [5.41, 5.74) is 8.60. The van der Waals surface area contributed by atoms with E-state index in [0.29, 0.717) is 35.1 Å². The predicted molar refractivity (Wildman–Crippen MR) is 195 cm³/mol. The Bertz CT molecular complexity index is 2130. The molecule has 0 radical (unpaired) electrons. The molecule has 11 nitrogen and oxygen atoms in total. The number of hydrogen-bond donors (Lipinski definition) is 4. The van der Waals surface area contributed by atoms with Crippen LogP contribution in [0.4, 0.5) is 11.6 Å². The molecule has 0 saturated heterocycles. The molecule has 5 heterocycles. The summed E-state index contributed by atoms with van der Waals surface area (Å²) in [6.45, 7) is 7.88. The lowest BCUT2D eigenvalue weighted by Crippen LogP contribution is -2.24. The molecule has 8 rings (SSSR count). The van der Waals surface area contributed by atoms with Gasteiger partial charge in [0, 0.05) is 52.8 Å². The van der Waals surface area contributed by atoms with Gasteiger partial charge >= 0.3 is 0 Å². The van der Waals surface area contributed by atoms with E-state index < -0.39 is 11.8 Å². The number of carbonyl (C=O) groups excluding carboxylic acids is 2. The van der Waals surface area contributed by atoms with Crippen molar-refractivity contribution >= 4 is 46.4 Å². The zero-order chi connectivity index (χ0) is 34.7. The van der Waals surface area contributed by atoms with E-state index in [1.807, 2.05) is 49.6 Å². The number of imidazole rings is 1. The Balaban J connectivity index is 0.911. The van der Waals surface area contributed by atoms with Gasteiger partial charge in [0.2, 0.25) is 11.8 Å². The summed E-state index contributed by atoms with van der Waals surface area (Å²) in [7, 11) is 0. The fourth-order valence-corrected chi connectivity index (χ4v) is 7.36. The summed E-state index contributed by atoms with van der Waals surface area (Å²) in [5.74, 6) is 1.50. The molecule has 1 aliphatic heterocycles. The molecule has 0 spiro atoms. The molecule has 4 aliphatic rings. The van der Waals surface area contributed by atoms with E-state index in [0.717, 1.165) is 83.1 Å². The molecule has 2 amide bonds. The van der Waals surface area contributed by atoms with E-state index >= 15 is 0 Å². The summed E-state index contributed by atoms with van der Waals surface area (Å²) in [4.78, 5) is 36.1. The number of rotatable bonds is 9. The molecule has 2 bridgehead atoms. The number of pyridine rings is 1. The van der Waals surface area contributed by atoms with Crippen molar-refractivity contribution in [2.45, 2.75) is 89.9 Å². The lowest BCUT2D eigenvalue weighted by molar-refractivity contribution is -0.118. The van der Waals surface area contributed by atoms with Crippen LogP contribution < -0.4 is 10.6 Å². The second kappa shape index (κ2) is 12.8. The van der Waals surface area contributed by atoms with Gasteiger partial charge < -0.3 is 15.0 Å². The summed E-state index contributed by atoms with van der Waals surface area (Å²) < 4.78 is 2.01. The standard InChI is InChI=1S/C38H42ClN9O2/c1-19-11-36-41-33(22(4)38(50)42-34-15-31(44-46-34)24-8-9-24)18-48(36)17-28(19)26-14-27(26)32-16-35(47-45-32)43-37(49)21(3)30-13-23-6-5-7-29(39)20(2)10-25(12-23)40-30/h7,10-11,13,15-18,21-24,26-27H,5-6,8-9,12,14H2,1-4H3,(H2,42,44,46,50)(H2,43,45,47,49)/b20-10+,29-7+/t21-,22-,23?,26?,27?/m1/s1. The minimum absolute atomic E-state index is 0.123. The number of aromatic amines is 2. The first-order valence-corrected chi connectivity index (χ1v) is 18.0. The highest BCUT2D eigenvalue weighted by Crippen LogP contribution is 2.55. The summed E-state index contributed by atoms with van der Waals surface area (Å²) >= 11 is 6.43. The van der Waals surface area contributed by atoms with E-state index in [9.17, 15) is 9.59 Å². The van der Waals surface area contributed by atoms with Gasteiger partial charge in [-0.25, -0.2) is 4.98 Å². The molecule has 2 fully saturated rings. The van der Waals surface area contributed by atoms with Crippen molar-refractivity contribution in [1.82, 2.24) is 29.8 Å². The molecule has 12 heteroatoms. The van der Waals surface area contributed by atoms with Crippen molar-refractivity contribution < 1.29 is 9.59 Å². The van der Waals surface area contributed by atoms with Gasteiger partial charge in [-0.15, -0.1) is 0 Å². The number of anilines is 2. The third-order valence-electron chi connectivity index (χ3n) is 10.6. The summed E-state index contributed by atoms with van der Waals surface area (Å²) in [6.07, 6.45) is 16.3. The largest absolute Gasteiger partial charge is 0.311 e. The average molecular weight is 692 g/mol. The first kappa shape index (κ1) is 32.4. The van der Waals surface area contributed by atoms with Crippen LogP contribution in [0.15, 0.2) is 70.1 Å². The van der Waals surface area contributed by atoms with E-state index in [1.54, 1.807) is 0 Å². The number of fused-ring (bicyclic) bond motifs is 3. The topological polar surface area (TPSA) is 145 Å². The average Bonchev–Trinajstić information content (AvgIpc) is 3.95. The van der Waals surface area contributed by atoms with Crippen LogP contribution in [0.2, 0.25) is 0 Å². The molecule has 2 saturated carbocycles. The first-order chi connectivity index (χ1) is 24.1. The van der Waals surface area contributed by atoms with Crippen LogP contribution in [0.3, 0.4) is 0 Å². The zero-order valence-electron chi connectivity index (χ0n) is 28.8. The summed E-state index contributed by atoms with van der Waals surface area (Å²) in [6, 6.07) is 5.95. The van der Waals surface area contributed by atoms with E-state index in [-0.39, 0.29) is 17.7 Å². The van der Waals surface area contributed by atoms with Gasteiger partial charge in [0.05, 0.1) is 28.9 Å². The van der Waals surface area contributed by atoms with Crippen molar-refractivity contribution in [2.24, 2.45) is 16.8 Å². The van der Waals surface area contributed by atoms with Crippen molar-refractivity contribution in [3.05, 3.63) is 93.3 Å². The van der Waals surface area contributed by atoms with Gasteiger partial charge in [0.25, 0.3) is 0 Å². The van der Waals surface area contributed by atoms with Crippen molar-refractivity contribution in [2.75, 3.05) is 10.6 Å². The van der Waals surface area contributed by atoms with Gasteiger partial charge in [-0.3, -0.25) is 24.8 Å². The van der Waals surface area contributed by atoms with Gasteiger partial charge in [0.1, 0.15) is 17.3 Å². The normalized spacial score (nSPS) is 25.1. The number of carbonyl (C=O) groups is 2. The number of allylic oxidation sites excluding steroid dienone is 5. The molecular formula is C38H42ClN9O2. The summed E-state index contributed by atoms with van der Waals surface area (Å²) in [5, 5.41) is 21.6. The molecular weight excluding hydrogens is 650 g/mol. The van der Waals surface area contributed by atoms with Gasteiger partial charge in [-0.05, 0) is 107 Å². The molecule has 4 N–H and O–H groups in total. The van der Waals surface area contributed by atoms with Crippen LogP contribution in [0.5, 0.6) is 0 Å². The molecule has 50 heavy (non-hydrogen) atoms. The molecule has 0 aromatic carbocycles. The van der Waals surface area contributed by atoms with Crippen LogP contribution in [0.1, 0.15) is 111 Å². The molecule has 258 valence electrons. The molecule has 3 unspecified atom stereocenters. The highest BCUT2D eigenvalue weighted by atomic mass is 35.5. The van der Waals surface area contributed by atoms with Crippen molar-refractivity contribution in [3.63, 3.8) is 0 Å². The third kappa shape index (κ3) is 6.58. The Morgan fingerprint density at radius 1 is 0.940 bits per heavy atom. The van der Waals surface area contributed by atoms with E-state index in [4.69, 9.17) is 21.6 Å². The number of halogens is 1. The Labute approximate surface area is 295 Å². The highest BCUT2D eigenvalue weighted by Gasteiger charge is 2.42. The van der Waals surface area contributed by atoms with Crippen molar-refractivity contribution in [1.29, 1.82) is 0 Å². The number of nitrogens with zero attached hydrogens (tertiary/aromatic N) is 5. The van der Waals surface area contributed by atoms with Gasteiger partial charge in [0.15, 0.2) is 0 Å². The number of aryl methyl sites for hydroxylation is 1. The third-order valence-corrected chi connectivity index (χ3v) is 11.0. The number of amides is 2. The SMILES string of the molecule is CC1=C\C2=NC([C@@H](C)C(=O)Nc3cc(C4CC4c4cn5cc([C@@H](C)C(=O)Nc6cc(C7CC7)n[nH]6)nc5cc4C)n[nH]3)=CC(CC/C=C\1Cl)C2. The number of aliphatic imine (C=N–C) groups is 1. The Hall–Kier alpha value is -4.77.